The van der Waals surface area contributed by atoms with Gasteiger partial charge in [0.1, 0.15) is 0 Å². The minimum absolute atomic E-state index is 0.0166. The number of rotatable bonds is 6. The van der Waals surface area contributed by atoms with Gasteiger partial charge in [-0.05, 0) is 37.8 Å². The minimum atomic E-state index is 0.0166. The van der Waals surface area contributed by atoms with Crippen LogP contribution >= 0.6 is 0 Å². The van der Waals surface area contributed by atoms with Crippen molar-refractivity contribution >= 4 is 11.8 Å². The van der Waals surface area contributed by atoms with Crippen molar-refractivity contribution in [3.8, 4) is 0 Å². The summed E-state index contributed by atoms with van der Waals surface area (Å²) < 4.78 is 0. The van der Waals surface area contributed by atoms with Gasteiger partial charge in [-0.25, -0.2) is 0 Å². The molecule has 1 aliphatic rings. The first-order valence-corrected chi connectivity index (χ1v) is 8.65. The Morgan fingerprint density at radius 1 is 1.22 bits per heavy atom. The van der Waals surface area contributed by atoms with E-state index in [1.807, 2.05) is 9.80 Å². The van der Waals surface area contributed by atoms with Crippen LogP contribution in [0.2, 0.25) is 0 Å². The molecule has 0 saturated carbocycles. The fraction of sp³-hybridized carbons (Fsp3) is 0.611. The van der Waals surface area contributed by atoms with E-state index in [4.69, 9.17) is 0 Å². The first-order valence-electron chi connectivity index (χ1n) is 8.65. The van der Waals surface area contributed by atoms with E-state index in [1.54, 1.807) is 24.5 Å². The first-order chi connectivity index (χ1) is 11.2. The Kier molecular flexibility index (Phi) is 6.56. The SMILES string of the molecule is CCCN(CCC)C(=O)C1CCN(C(=O)c2cccnc2)CC1. The molecular weight excluding hydrogens is 290 g/mol. The van der Waals surface area contributed by atoms with E-state index >= 15 is 0 Å². The number of carbonyl (C=O) groups excluding carboxylic acids is 2. The molecule has 1 aliphatic heterocycles. The van der Waals surface area contributed by atoms with Crippen LogP contribution in [0, 0.1) is 5.92 Å². The van der Waals surface area contributed by atoms with E-state index in [0.29, 0.717) is 18.7 Å². The van der Waals surface area contributed by atoms with Crippen LogP contribution in [0.1, 0.15) is 49.9 Å². The van der Waals surface area contributed by atoms with Crippen LogP contribution in [-0.4, -0.2) is 52.8 Å². The summed E-state index contributed by atoms with van der Waals surface area (Å²) in [5.74, 6) is 0.344. The number of carbonyl (C=O) groups is 2. The van der Waals surface area contributed by atoms with E-state index in [9.17, 15) is 9.59 Å². The second kappa shape index (κ2) is 8.65. The van der Waals surface area contributed by atoms with Crippen LogP contribution in [0.25, 0.3) is 0 Å². The van der Waals surface area contributed by atoms with Crippen LogP contribution in [0.3, 0.4) is 0 Å². The molecule has 0 bridgehead atoms. The zero-order chi connectivity index (χ0) is 16.7. The molecule has 0 atom stereocenters. The van der Waals surface area contributed by atoms with Gasteiger partial charge in [0.15, 0.2) is 0 Å². The smallest absolute Gasteiger partial charge is 0.255 e. The molecule has 0 spiro atoms. The Balaban J connectivity index is 1.90. The summed E-state index contributed by atoms with van der Waals surface area (Å²) in [6.45, 7) is 7.17. The Morgan fingerprint density at radius 3 is 2.39 bits per heavy atom. The number of piperidine rings is 1. The molecule has 0 aromatic carbocycles. The van der Waals surface area contributed by atoms with Crippen molar-refractivity contribution in [1.29, 1.82) is 0 Å². The predicted molar refractivity (Wildman–Crippen MR) is 90.0 cm³/mol. The van der Waals surface area contributed by atoms with Gasteiger partial charge in [0, 0.05) is 44.5 Å². The monoisotopic (exact) mass is 317 g/mol. The number of hydrogen-bond donors (Lipinski definition) is 0. The van der Waals surface area contributed by atoms with Crippen molar-refractivity contribution in [2.75, 3.05) is 26.2 Å². The summed E-state index contributed by atoms with van der Waals surface area (Å²) in [4.78, 5) is 32.9. The largest absolute Gasteiger partial charge is 0.342 e. The third-order valence-electron chi connectivity index (χ3n) is 4.34. The molecule has 126 valence electrons. The van der Waals surface area contributed by atoms with Crippen molar-refractivity contribution < 1.29 is 9.59 Å². The molecule has 1 saturated heterocycles. The van der Waals surface area contributed by atoms with Crippen LogP contribution in [-0.2, 0) is 4.79 Å². The Hall–Kier alpha value is -1.91. The van der Waals surface area contributed by atoms with Crippen LogP contribution in [0.15, 0.2) is 24.5 Å². The average molecular weight is 317 g/mol. The van der Waals surface area contributed by atoms with Gasteiger partial charge in [0.05, 0.1) is 5.56 Å². The maximum atomic E-state index is 12.6. The lowest BCUT2D eigenvalue weighted by Crippen LogP contribution is -2.44. The maximum absolute atomic E-state index is 12.6. The van der Waals surface area contributed by atoms with Gasteiger partial charge >= 0.3 is 0 Å². The standard InChI is InChI=1S/C18H27N3O2/c1-3-10-20(11-4-2)17(22)15-7-12-21(13-8-15)18(23)16-6-5-9-19-14-16/h5-6,9,14-15H,3-4,7-8,10-13H2,1-2H3. The van der Waals surface area contributed by atoms with Gasteiger partial charge in [-0.2, -0.15) is 0 Å². The second-order valence-corrected chi connectivity index (χ2v) is 6.13. The molecule has 2 heterocycles. The van der Waals surface area contributed by atoms with Crippen molar-refractivity contribution in [3.63, 3.8) is 0 Å². The fourth-order valence-electron chi connectivity index (χ4n) is 3.13. The summed E-state index contributed by atoms with van der Waals surface area (Å²) in [6.07, 6.45) is 6.76. The molecule has 0 aliphatic carbocycles. The van der Waals surface area contributed by atoms with Crippen LogP contribution in [0.5, 0.6) is 0 Å². The summed E-state index contributed by atoms with van der Waals surface area (Å²) in [6, 6.07) is 3.56. The van der Waals surface area contributed by atoms with Gasteiger partial charge in [-0.15, -0.1) is 0 Å². The zero-order valence-electron chi connectivity index (χ0n) is 14.2. The third kappa shape index (κ3) is 4.53. The van der Waals surface area contributed by atoms with Crippen LogP contribution in [0.4, 0.5) is 0 Å². The minimum Gasteiger partial charge on any atom is -0.342 e. The highest BCUT2D eigenvalue weighted by molar-refractivity contribution is 5.94. The molecule has 1 aromatic heterocycles. The van der Waals surface area contributed by atoms with Crippen molar-refractivity contribution in [2.24, 2.45) is 5.92 Å². The third-order valence-corrected chi connectivity index (χ3v) is 4.34. The summed E-state index contributed by atoms with van der Waals surface area (Å²) >= 11 is 0. The molecule has 5 heteroatoms. The van der Waals surface area contributed by atoms with Crippen LogP contribution < -0.4 is 0 Å². The Bertz CT molecular complexity index is 504. The second-order valence-electron chi connectivity index (χ2n) is 6.13. The van der Waals surface area contributed by atoms with Gasteiger partial charge < -0.3 is 9.80 Å². The maximum Gasteiger partial charge on any atom is 0.255 e. The predicted octanol–water partition coefficient (Wildman–Crippen LogP) is 2.58. The highest BCUT2D eigenvalue weighted by atomic mass is 16.2. The van der Waals surface area contributed by atoms with E-state index in [2.05, 4.69) is 18.8 Å². The molecule has 0 radical (unpaired) electrons. The number of amides is 2. The Morgan fingerprint density at radius 2 is 1.87 bits per heavy atom. The van der Waals surface area contributed by atoms with Crippen molar-refractivity contribution in [3.05, 3.63) is 30.1 Å². The lowest BCUT2D eigenvalue weighted by atomic mass is 9.94. The molecule has 0 unspecified atom stereocenters. The molecule has 23 heavy (non-hydrogen) atoms. The lowest BCUT2D eigenvalue weighted by Gasteiger charge is -2.34. The number of pyridine rings is 1. The Labute approximate surface area is 138 Å². The summed E-state index contributed by atoms with van der Waals surface area (Å²) in [5.41, 5.74) is 0.621. The van der Waals surface area contributed by atoms with E-state index in [1.165, 1.54) is 0 Å². The van der Waals surface area contributed by atoms with E-state index in [0.717, 1.165) is 38.8 Å². The van der Waals surface area contributed by atoms with Gasteiger partial charge in [-0.1, -0.05) is 13.8 Å². The molecule has 2 rings (SSSR count). The molecule has 1 fully saturated rings. The summed E-state index contributed by atoms with van der Waals surface area (Å²) in [7, 11) is 0. The van der Waals surface area contributed by atoms with Crippen molar-refractivity contribution in [2.45, 2.75) is 39.5 Å². The normalized spacial score (nSPS) is 15.5. The molecule has 1 aromatic rings. The van der Waals surface area contributed by atoms with E-state index in [-0.39, 0.29) is 17.7 Å². The van der Waals surface area contributed by atoms with Gasteiger partial charge in [0.25, 0.3) is 5.91 Å². The van der Waals surface area contributed by atoms with Crippen molar-refractivity contribution in [1.82, 2.24) is 14.8 Å². The molecular formula is C18H27N3O2. The topological polar surface area (TPSA) is 53.5 Å². The van der Waals surface area contributed by atoms with E-state index < -0.39 is 0 Å². The fourth-order valence-corrected chi connectivity index (χ4v) is 3.13. The number of aromatic nitrogens is 1. The lowest BCUT2D eigenvalue weighted by molar-refractivity contribution is -0.137. The highest BCUT2D eigenvalue weighted by Crippen LogP contribution is 2.21. The first kappa shape index (κ1) is 17.4. The van der Waals surface area contributed by atoms with Gasteiger partial charge in [-0.3, -0.25) is 14.6 Å². The quantitative estimate of drug-likeness (QED) is 0.810. The number of hydrogen-bond acceptors (Lipinski definition) is 3. The summed E-state index contributed by atoms with van der Waals surface area (Å²) in [5, 5.41) is 0. The number of nitrogens with zero attached hydrogens (tertiary/aromatic N) is 3. The zero-order valence-corrected chi connectivity index (χ0v) is 14.2. The van der Waals surface area contributed by atoms with Gasteiger partial charge in [0.2, 0.25) is 5.91 Å². The molecule has 5 nitrogen and oxygen atoms in total. The molecule has 0 N–H and O–H groups in total. The highest BCUT2D eigenvalue weighted by Gasteiger charge is 2.30. The average Bonchev–Trinajstić information content (AvgIpc) is 2.61. The number of likely N-dealkylation sites (tertiary alicyclic amines) is 1. The molecule has 2 amide bonds.